The molecule has 1 aliphatic heterocycles. The number of carboxylic acid groups (broad SMARTS) is 1. The number of halogens is 1. The van der Waals surface area contributed by atoms with Crippen molar-refractivity contribution in [3.63, 3.8) is 0 Å². The number of carbonyl (C=O) groups is 2. The SMILES string of the molecule is O=C(O)N[C@H](Cc1ccccc1)CN1CCC(C(=O)c2ccc(F)cc2)CC1. The van der Waals surface area contributed by atoms with Gasteiger partial charge in [-0.2, -0.15) is 0 Å². The van der Waals surface area contributed by atoms with Crippen molar-refractivity contribution in [1.82, 2.24) is 10.2 Å². The third-order valence-corrected chi connectivity index (χ3v) is 5.22. The molecule has 1 fully saturated rings. The van der Waals surface area contributed by atoms with Gasteiger partial charge in [0.1, 0.15) is 5.82 Å². The summed E-state index contributed by atoms with van der Waals surface area (Å²) >= 11 is 0. The van der Waals surface area contributed by atoms with Crippen LogP contribution in [0.4, 0.5) is 9.18 Å². The maximum Gasteiger partial charge on any atom is 0.404 e. The number of likely N-dealkylation sites (tertiary alicyclic amines) is 1. The summed E-state index contributed by atoms with van der Waals surface area (Å²) in [5.74, 6) is -0.354. The molecule has 1 atom stereocenters. The maximum atomic E-state index is 13.0. The van der Waals surface area contributed by atoms with Crippen LogP contribution in [0.1, 0.15) is 28.8 Å². The van der Waals surface area contributed by atoms with Gasteiger partial charge in [0.2, 0.25) is 0 Å². The summed E-state index contributed by atoms with van der Waals surface area (Å²) in [6.45, 7) is 2.09. The molecular formula is C22H25FN2O3. The van der Waals surface area contributed by atoms with Crippen LogP contribution >= 0.6 is 0 Å². The first-order valence-electron chi connectivity index (χ1n) is 9.57. The van der Waals surface area contributed by atoms with E-state index in [4.69, 9.17) is 5.11 Å². The zero-order valence-electron chi connectivity index (χ0n) is 15.7. The van der Waals surface area contributed by atoms with Gasteiger partial charge in [-0.3, -0.25) is 4.79 Å². The number of carbonyl (C=O) groups excluding carboxylic acids is 1. The van der Waals surface area contributed by atoms with Gasteiger partial charge in [0.05, 0.1) is 0 Å². The van der Waals surface area contributed by atoms with Gasteiger partial charge in [0.25, 0.3) is 0 Å². The molecule has 0 saturated carbocycles. The average molecular weight is 384 g/mol. The summed E-state index contributed by atoms with van der Waals surface area (Å²) in [5, 5.41) is 11.8. The molecule has 5 nitrogen and oxygen atoms in total. The molecule has 1 heterocycles. The van der Waals surface area contributed by atoms with Crippen molar-refractivity contribution in [2.45, 2.75) is 25.3 Å². The highest BCUT2D eigenvalue weighted by molar-refractivity contribution is 5.97. The second kappa shape index (κ2) is 9.46. The third-order valence-electron chi connectivity index (χ3n) is 5.22. The van der Waals surface area contributed by atoms with Gasteiger partial charge in [-0.15, -0.1) is 0 Å². The molecule has 148 valence electrons. The first kappa shape index (κ1) is 20.0. The number of hydrogen-bond acceptors (Lipinski definition) is 3. The second-order valence-electron chi connectivity index (χ2n) is 7.28. The highest BCUT2D eigenvalue weighted by Crippen LogP contribution is 2.22. The van der Waals surface area contributed by atoms with Crippen LogP contribution in [-0.4, -0.2) is 47.6 Å². The van der Waals surface area contributed by atoms with Gasteiger partial charge in [0.15, 0.2) is 5.78 Å². The minimum atomic E-state index is -1.03. The molecule has 1 saturated heterocycles. The van der Waals surface area contributed by atoms with E-state index >= 15 is 0 Å². The van der Waals surface area contributed by atoms with Crippen molar-refractivity contribution in [3.8, 4) is 0 Å². The molecule has 2 aromatic rings. The molecule has 0 unspecified atom stereocenters. The lowest BCUT2D eigenvalue weighted by atomic mass is 9.88. The van der Waals surface area contributed by atoms with E-state index in [1.807, 2.05) is 30.3 Å². The lowest BCUT2D eigenvalue weighted by molar-refractivity contribution is 0.0832. The Labute approximate surface area is 164 Å². The van der Waals surface area contributed by atoms with Crippen LogP contribution in [0.5, 0.6) is 0 Å². The fourth-order valence-corrected chi connectivity index (χ4v) is 3.77. The minimum Gasteiger partial charge on any atom is -0.465 e. The standard InChI is InChI=1S/C22H25FN2O3/c23-19-8-6-17(7-9-19)21(26)18-10-12-25(13-11-18)15-20(24-22(27)28)14-16-4-2-1-3-5-16/h1-9,18,20,24H,10-15H2,(H,27,28)/t20-/m1/s1. The fourth-order valence-electron chi connectivity index (χ4n) is 3.77. The van der Waals surface area contributed by atoms with Crippen LogP contribution < -0.4 is 5.32 Å². The van der Waals surface area contributed by atoms with Crippen molar-refractivity contribution in [1.29, 1.82) is 0 Å². The maximum absolute atomic E-state index is 13.0. The summed E-state index contributed by atoms with van der Waals surface area (Å²) in [6, 6.07) is 15.3. The van der Waals surface area contributed by atoms with E-state index in [1.165, 1.54) is 24.3 Å². The summed E-state index contributed by atoms with van der Waals surface area (Å²) in [4.78, 5) is 26.0. The van der Waals surface area contributed by atoms with E-state index in [9.17, 15) is 14.0 Å². The lowest BCUT2D eigenvalue weighted by Gasteiger charge is -2.33. The predicted molar refractivity (Wildman–Crippen MR) is 105 cm³/mol. The van der Waals surface area contributed by atoms with Gasteiger partial charge < -0.3 is 15.3 Å². The topological polar surface area (TPSA) is 69.6 Å². The lowest BCUT2D eigenvalue weighted by Crippen LogP contribution is -2.47. The Morgan fingerprint density at radius 2 is 1.71 bits per heavy atom. The number of benzene rings is 2. The zero-order chi connectivity index (χ0) is 19.9. The molecule has 0 spiro atoms. The van der Waals surface area contributed by atoms with Gasteiger partial charge in [-0.1, -0.05) is 30.3 Å². The largest absolute Gasteiger partial charge is 0.465 e. The summed E-state index contributed by atoms with van der Waals surface area (Å²) in [5.41, 5.74) is 1.64. The fraction of sp³-hybridized carbons (Fsp3) is 0.364. The summed E-state index contributed by atoms with van der Waals surface area (Å²) < 4.78 is 13.0. The van der Waals surface area contributed by atoms with E-state index in [2.05, 4.69) is 10.2 Å². The number of Topliss-reactive ketones (excluding diaryl/α,β-unsaturated/α-hetero) is 1. The van der Waals surface area contributed by atoms with Gasteiger partial charge in [0, 0.05) is 24.1 Å². The molecule has 0 bridgehead atoms. The normalized spacial score (nSPS) is 16.5. The average Bonchev–Trinajstić information content (AvgIpc) is 2.69. The van der Waals surface area contributed by atoms with Crippen molar-refractivity contribution in [3.05, 3.63) is 71.5 Å². The van der Waals surface area contributed by atoms with Gasteiger partial charge in [-0.05, 0) is 62.2 Å². The Bertz CT molecular complexity index is 787. The van der Waals surface area contributed by atoms with Crippen molar-refractivity contribution < 1.29 is 19.1 Å². The molecular weight excluding hydrogens is 359 g/mol. The second-order valence-corrected chi connectivity index (χ2v) is 7.28. The molecule has 28 heavy (non-hydrogen) atoms. The first-order valence-corrected chi connectivity index (χ1v) is 9.57. The van der Waals surface area contributed by atoms with Crippen LogP contribution in [0.3, 0.4) is 0 Å². The third kappa shape index (κ3) is 5.63. The highest BCUT2D eigenvalue weighted by atomic mass is 19.1. The number of nitrogens with zero attached hydrogens (tertiary/aromatic N) is 1. The van der Waals surface area contributed by atoms with E-state index < -0.39 is 6.09 Å². The molecule has 0 aromatic heterocycles. The van der Waals surface area contributed by atoms with Crippen molar-refractivity contribution >= 4 is 11.9 Å². The Balaban J connectivity index is 1.54. The number of hydrogen-bond donors (Lipinski definition) is 2. The first-order chi connectivity index (χ1) is 13.5. The molecule has 0 aliphatic carbocycles. The Morgan fingerprint density at radius 3 is 2.32 bits per heavy atom. The number of piperidine rings is 1. The Morgan fingerprint density at radius 1 is 1.07 bits per heavy atom. The molecule has 6 heteroatoms. The molecule has 1 aliphatic rings. The zero-order valence-corrected chi connectivity index (χ0v) is 15.7. The molecule has 0 radical (unpaired) electrons. The van der Waals surface area contributed by atoms with Crippen molar-refractivity contribution in [2.24, 2.45) is 5.92 Å². The summed E-state index contributed by atoms with van der Waals surface area (Å²) in [6.07, 6.45) is 1.05. The van der Waals surface area contributed by atoms with Crippen LogP contribution in [-0.2, 0) is 6.42 Å². The molecule has 3 rings (SSSR count). The van der Waals surface area contributed by atoms with E-state index in [0.29, 0.717) is 18.5 Å². The van der Waals surface area contributed by atoms with E-state index in [1.54, 1.807) is 0 Å². The van der Waals surface area contributed by atoms with E-state index in [-0.39, 0.29) is 23.6 Å². The van der Waals surface area contributed by atoms with Crippen molar-refractivity contribution in [2.75, 3.05) is 19.6 Å². The van der Waals surface area contributed by atoms with Crippen LogP contribution in [0, 0.1) is 11.7 Å². The Kier molecular flexibility index (Phi) is 6.76. The van der Waals surface area contributed by atoms with Gasteiger partial charge >= 0.3 is 6.09 Å². The highest BCUT2D eigenvalue weighted by Gasteiger charge is 2.27. The van der Waals surface area contributed by atoms with Gasteiger partial charge in [-0.25, -0.2) is 9.18 Å². The van der Waals surface area contributed by atoms with Crippen LogP contribution in [0.2, 0.25) is 0 Å². The quantitative estimate of drug-likeness (QED) is 0.716. The predicted octanol–water partition coefficient (Wildman–Crippen LogP) is 3.60. The number of ketones is 1. The summed E-state index contributed by atoms with van der Waals surface area (Å²) in [7, 11) is 0. The molecule has 2 N–H and O–H groups in total. The molecule has 1 amide bonds. The Hall–Kier alpha value is -2.73. The van der Waals surface area contributed by atoms with Crippen LogP contribution in [0.15, 0.2) is 54.6 Å². The smallest absolute Gasteiger partial charge is 0.404 e. The monoisotopic (exact) mass is 384 g/mol. The molecule has 2 aromatic carbocycles. The number of nitrogens with one attached hydrogen (secondary N) is 1. The number of rotatable bonds is 7. The minimum absolute atomic E-state index is 0.0594. The number of amides is 1. The van der Waals surface area contributed by atoms with E-state index in [0.717, 1.165) is 31.5 Å². The van der Waals surface area contributed by atoms with Crippen LogP contribution in [0.25, 0.3) is 0 Å².